The first-order valence-corrected chi connectivity index (χ1v) is 5.36. The van der Waals surface area contributed by atoms with Crippen LogP contribution in [-0.2, 0) is 0 Å². The van der Waals surface area contributed by atoms with Crippen molar-refractivity contribution in [1.82, 2.24) is 4.98 Å². The minimum Gasteiger partial charge on any atom is -0.383 e. The predicted octanol–water partition coefficient (Wildman–Crippen LogP) is 2.82. The van der Waals surface area contributed by atoms with E-state index in [2.05, 4.69) is 23.2 Å². The van der Waals surface area contributed by atoms with Gasteiger partial charge in [0.15, 0.2) is 0 Å². The Kier molecular flexibility index (Phi) is 2.80. The standard InChI is InChI=1S/C14H13N3/c1-9-3-4-10(2)12(7-9)13-6-5-11(8-15)14(16)17-13/h3-7H,1-2H3,(H2,16,17). The molecule has 0 saturated carbocycles. The highest BCUT2D eigenvalue weighted by molar-refractivity contribution is 5.67. The summed E-state index contributed by atoms with van der Waals surface area (Å²) in [6, 6.07) is 11.7. The SMILES string of the molecule is Cc1ccc(C)c(-c2ccc(C#N)c(N)n2)c1. The van der Waals surface area contributed by atoms with Gasteiger partial charge in [-0.3, -0.25) is 0 Å². The predicted molar refractivity (Wildman–Crippen MR) is 68.3 cm³/mol. The number of anilines is 1. The summed E-state index contributed by atoms with van der Waals surface area (Å²) in [5.41, 5.74) is 10.3. The molecule has 3 heteroatoms. The Morgan fingerprint density at radius 3 is 2.59 bits per heavy atom. The maximum Gasteiger partial charge on any atom is 0.142 e. The molecule has 84 valence electrons. The van der Waals surface area contributed by atoms with Crippen molar-refractivity contribution in [3.63, 3.8) is 0 Å². The average molecular weight is 223 g/mol. The number of nitriles is 1. The van der Waals surface area contributed by atoms with Crippen LogP contribution < -0.4 is 5.73 Å². The largest absolute Gasteiger partial charge is 0.383 e. The molecule has 1 aromatic carbocycles. The zero-order chi connectivity index (χ0) is 12.4. The van der Waals surface area contributed by atoms with Gasteiger partial charge in [0.1, 0.15) is 11.9 Å². The second kappa shape index (κ2) is 4.26. The molecule has 0 saturated heterocycles. The third-order valence-electron chi connectivity index (χ3n) is 2.71. The van der Waals surface area contributed by atoms with Gasteiger partial charge in [0.05, 0.1) is 11.3 Å². The number of pyridine rings is 1. The first-order chi connectivity index (χ1) is 8.11. The molecular formula is C14H13N3. The summed E-state index contributed by atoms with van der Waals surface area (Å²) in [5, 5.41) is 8.81. The average Bonchev–Trinajstić information content (AvgIpc) is 2.32. The third kappa shape index (κ3) is 2.11. The number of nitrogens with zero attached hydrogens (tertiary/aromatic N) is 2. The lowest BCUT2D eigenvalue weighted by Gasteiger charge is -2.07. The Hall–Kier alpha value is -2.34. The zero-order valence-electron chi connectivity index (χ0n) is 9.86. The first-order valence-electron chi connectivity index (χ1n) is 5.36. The van der Waals surface area contributed by atoms with Gasteiger partial charge in [-0.1, -0.05) is 17.7 Å². The van der Waals surface area contributed by atoms with Crippen molar-refractivity contribution in [2.45, 2.75) is 13.8 Å². The van der Waals surface area contributed by atoms with E-state index in [1.54, 1.807) is 6.07 Å². The Labute approximate surface area is 101 Å². The number of nitrogen functional groups attached to an aromatic ring is 1. The maximum absolute atomic E-state index is 8.81. The molecule has 2 rings (SSSR count). The van der Waals surface area contributed by atoms with Crippen molar-refractivity contribution in [2.75, 3.05) is 5.73 Å². The summed E-state index contributed by atoms with van der Waals surface area (Å²) < 4.78 is 0. The molecule has 0 amide bonds. The summed E-state index contributed by atoms with van der Waals surface area (Å²) in [5.74, 6) is 0.283. The van der Waals surface area contributed by atoms with E-state index >= 15 is 0 Å². The topological polar surface area (TPSA) is 62.7 Å². The third-order valence-corrected chi connectivity index (χ3v) is 2.71. The summed E-state index contributed by atoms with van der Waals surface area (Å²) in [6.07, 6.45) is 0. The fourth-order valence-corrected chi connectivity index (χ4v) is 1.73. The Morgan fingerprint density at radius 2 is 1.94 bits per heavy atom. The molecule has 2 N–H and O–H groups in total. The van der Waals surface area contributed by atoms with Crippen LogP contribution in [0.1, 0.15) is 16.7 Å². The number of aryl methyl sites for hydroxylation is 2. The van der Waals surface area contributed by atoms with Gasteiger partial charge in [-0.25, -0.2) is 4.98 Å². The van der Waals surface area contributed by atoms with E-state index in [9.17, 15) is 0 Å². The fourth-order valence-electron chi connectivity index (χ4n) is 1.73. The Bertz CT molecular complexity index is 609. The molecule has 0 fully saturated rings. The van der Waals surface area contributed by atoms with Crippen LogP contribution >= 0.6 is 0 Å². The number of benzene rings is 1. The van der Waals surface area contributed by atoms with Crippen molar-refractivity contribution in [3.05, 3.63) is 47.0 Å². The minimum absolute atomic E-state index is 0.283. The van der Waals surface area contributed by atoms with Gasteiger partial charge in [0, 0.05) is 5.56 Å². The van der Waals surface area contributed by atoms with Crippen LogP contribution in [0.5, 0.6) is 0 Å². The van der Waals surface area contributed by atoms with Crippen LogP contribution in [0.25, 0.3) is 11.3 Å². The van der Waals surface area contributed by atoms with Gasteiger partial charge in [0.2, 0.25) is 0 Å². The second-order valence-corrected chi connectivity index (χ2v) is 4.06. The molecule has 0 spiro atoms. The molecule has 0 unspecified atom stereocenters. The van der Waals surface area contributed by atoms with Crippen LogP contribution in [-0.4, -0.2) is 4.98 Å². The zero-order valence-corrected chi connectivity index (χ0v) is 9.86. The molecule has 0 radical (unpaired) electrons. The van der Waals surface area contributed by atoms with E-state index < -0.39 is 0 Å². The van der Waals surface area contributed by atoms with E-state index in [0.29, 0.717) is 5.56 Å². The van der Waals surface area contributed by atoms with Crippen LogP contribution in [0.4, 0.5) is 5.82 Å². The number of aromatic nitrogens is 1. The summed E-state index contributed by atoms with van der Waals surface area (Å²) in [6.45, 7) is 4.07. The quantitative estimate of drug-likeness (QED) is 0.808. The van der Waals surface area contributed by atoms with E-state index in [1.807, 2.05) is 26.0 Å². The molecule has 0 aliphatic carbocycles. The highest BCUT2D eigenvalue weighted by atomic mass is 14.8. The van der Waals surface area contributed by atoms with Gasteiger partial charge < -0.3 is 5.73 Å². The Balaban J connectivity index is 2.58. The fraction of sp³-hybridized carbons (Fsp3) is 0.143. The van der Waals surface area contributed by atoms with Crippen LogP contribution in [0.3, 0.4) is 0 Å². The van der Waals surface area contributed by atoms with Crippen molar-refractivity contribution in [3.8, 4) is 17.3 Å². The number of hydrogen-bond acceptors (Lipinski definition) is 3. The number of rotatable bonds is 1. The minimum atomic E-state index is 0.283. The molecule has 1 heterocycles. The normalized spacial score (nSPS) is 9.94. The molecular weight excluding hydrogens is 210 g/mol. The molecule has 0 atom stereocenters. The van der Waals surface area contributed by atoms with Gasteiger partial charge in [-0.05, 0) is 37.6 Å². The monoisotopic (exact) mass is 223 g/mol. The van der Waals surface area contributed by atoms with Gasteiger partial charge in [-0.15, -0.1) is 0 Å². The van der Waals surface area contributed by atoms with Crippen LogP contribution in [0.2, 0.25) is 0 Å². The molecule has 3 nitrogen and oxygen atoms in total. The number of nitrogens with two attached hydrogens (primary N) is 1. The van der Waals surface area contributed by atoms with E-state index in [-0.39, 0.29) is 5.82 Å². The lowest BCUT2D eigenvalue weighted by Crippen LogP contribution is -1.97. The molecule has 17 heavy (non-hydrogen) atoms. The first kappa shape index (κ1) is 11.2. The van der Waals surface area contributed by atoms with Crippen LogP contribution in [0, 0.1) is 25.2 Å². The summed E-state index contributed by atoms with van der Waals surface area (Å²) in [7, 11) is 0. The van der Waals surface area contributed by atoms with Crippen molar-refractivity contribution in [1.29, 1.82) is 5.26 Å². The molecule has 0 aliphatic rings. The van der Waals surface area contributed by atoms with Gasteiger partial charge in [-0.2, -0.15) is 5.26 Å². The highest BCUT2D eigenvalue weighted by Crippen LogP contribution is 2.24. The van der Waals surface area contributed by atoms with E-state index in [0.717, 1.165) is 16.8 Å². The molecule has 1 aromatic heterocycles. The van der Waals surface area contributed by atoms with Crippen molar-refractivity contribution in [2.24, 2.45) is 0 Å². The smallest absolute Gasteiger partial charge is 0.142 e. The van der Waals surface area contributed by atoms with E-state index in [1.165, 1.54) is 5.56 Å². The van der Waals surface area contributed by atoms with Gasteiger partial charge >= 0.3 is 0 Å². The second-order valence-electron chi connectivity index (χ2n) is 4.06. The summed E-state index contributed by atoms with van der Waals surface area (Å²) in [4.78, 5) is 4.27. The number of hydrogen-bond donors (Lipinski definition) is 1. The molecule has 2 aromatic rings. The van der Waals surface area contributed by atoms with Crippen molar-refractivity contribution < 1.29 is 0 Å². The Morgan fingerprint density at radius 1 is 1.18 bits per heavy atom. The van der Waals surface area contributed by atoms with E-state index in [4.69, 9.17) is 11.0 Å². The van der Waals surface area contributed by atoms with Crippen LogP contribution in [0.15, 0.2) is 30.3 Å². The van der Waals surface area contributed by atoms with Gasteiger partial charge in [0.25, 0.3) is 0 Å². The summed E-state index contributed by atoms with van der Waals surface area (Å²) >= 11 is 0. The lowest BCUT2D eigenvalue weighted by atomic mass is 10.0. The maximum atomic E-state index is 8.81. The van der Waals surface area contributed by atoms with Crippen molar-refractivity contribution >= 4 is 5.82 Å². The molecule has 0 bridgehead atoms. The highest BCUT2D eigenvalue weighted by Gasteiger charge is 2.06. The molecule has 0 aliphatic heterocycles. The lowest BCUT2D eigenvalue weighted by molar-refractivity contribution is 1.28.